The normalized spacial score (nSPS) is 18.7. The minimum Gasteiger partial charge on any atom is -0.493 e. The van der Waals surface area contributed by atoms with Gasteiger partial charge in [0.25, 0.3) is 0 Å². The molecule has 3 saturated heterocycles. The Kier molecular flexibility index (Phi) is 24.6. The van der Waals surface area contributed by atoms with Crippen LogP contribution < -0.4 is 4.74 Å². The summed E-state index contributed by atoms with van der Waals surface area (Å²) < 4.78 is 69.9. The number of ketones is 1. The van der Waals surface area contributed by atoms with E-state index in [0.29, 0.717) is 109 Å². The van der Waals surface area contributed by atoms with Crippen LogP contribution in [0.1, 0.15) is 149 Å². The van der Waals surface area contributed by atoms with Crippen LogP contribution in [0.4, 0.5) is 13.2 Å². The summed E-state index contributed by atoms with van der Waals surface area (Å²) in [5.41, 5.74) is 0.861. The molecule has 0 radical (unpaired) electrons. The number of carbonyl (C=O) groups excluding carboxylic acids is 5. The quantitative estimate of drug-likeness (QED) is 0.0677. The maximum Gasteiger partial charge on any atom is 0.417 e. The Morgan fingerprint density at radius 3 is 1.62 bits per heavy atom. The molecule has 1 amide bonds. The van der Waals surface area contributed by atoms with Gasteiger partial charge in [-0.3, -0.25) is 48.5 Å². The first-order valence-corrected chi connectivity index (χ1v) is 31.0. The number of ether oxygens (including phenoxy) is 4. The summed E-state index contributed by atoms with van der Waals surface area (Å²) in [4.78, 5) is 80.1. The van der Waals surface area contributed by atoms with Crippen molar-refractivity contribution in [3.05, 3.63) is 88.5 Å². The molecule has 0 unspecified atom stereocenters. The predicted octanol–water partition coefficient (Wildman–Crippen LogP) is 11.1. The highest BCUT2D eigenvalue weighted by Gasteiger charge is 2.37. The summed E-state index contributed by atoms with van der Waals surface area (Å²) in [5.74, 6) is -0.799. The third kappa shape index (κ3) is 23.5. The van der Waals surface area contributed by atoms with Gasteiger partial charge in [-0.15, -0.1) is 0 Å². The molecule has 86 heavy (non-hydrogen) atoms. The van der Waals surface area contributed by atoms with E-state index in [0.717, 1.165) is 35.1 Å². The minimum atomic E-state index is -4.71. The van der Waals surface area contributed by atoms with Gasteiger partial charge in [-0.25, -0.2) is 0 Å². The fraction of sp³-hybridized carbons (Fsp3) is 0.632. The van der Waals surface area contributed by atoms with E-state index in [9.17, 15) is 24.0 Å². The van der Waals surface area contributed by atoms with Gasteiger partial charge in [0.05, 0.1) is 38.3 Å². The first kappa shape index (κ1) is 69.4. The summed E-state index contributed by atoms with van der Waals surface area (Å²) in [6.45, 7) is 30.1. The highest BCUT2D eigenvalue weighted by atomic mass is 19.4. The van der Waals surface area contributed by atoms with Crippen molar-refractivity contribution in [3.8, 4) is 16.9 Å². The number of hydrogen-bond donors (Lipinski definition) is 0. The van der Waals surface area contributed by atoms with Crippen LogP contribution in [0.2, 0.25) is 0 Å². The molecule has 0 saturated carbocycles. The third-order valence-corrected chi connectivity index (χ3v) is 15.5. The van der Waals surface area contributed by atoms with Crippen molar-refractivity contribution in [2.24, 2.45) is 11.3 Å². The molecule has 3 aromatic rings. The molecule has 476 valence electrons. The lowest BCUT2D eigenvalue weighted by Gasteiger charge is -2.36. The van der Waals surface area contributed by atoms with Crippen LogP contribution in [0.3, 0.4) is 0 Å². The second kappa shape index (κ2) is 30.5. The highest BCUT2D eigenvalue weighted by molar-refractivity contribution is 5.81. The van der Waals surface area contributed by atoms with Gasteiger partial charge < -0.3 is 23.8 Å². The van der Waals surface area contributed by atoms with Crippen LogP contribution in [0, 0.1) is 18.3 Å². The molecular weight excluding hydrogens is 1100 g/mol. The first-order chi connectivity index (χ1) is 40.2. The van der Waals surface area contributed by atoms with Gasteiger partial charge in [-0.2, -0.15) is 13.2 Å². The predicted molar refractivity (Wildman–Crippen MR) is 332 cm³/mol. The van der Waals surface area contributed by atoms with Crippen molar-refractivity contribution in [2.75, 3.05) is 105 Å². The lowest BCUT2D eigenvalue weighted by atomic mass is 9.90. The number of piperidine rings is 2. The van der Waals surface area contributed by atoms with Gasteiger partial charge >= 0.3 is 24.1 Å². The Balaban J connectivity index is 1.21. The number of alkyl halides is 3. The van der Waals surface area contributed by atoms with Gasteiger partial charge in [-0.1, -0.05) is 87.9 Å². The van der Waals surface area contributed by atoms with E-state index in [4.69, 9.17) is 18.9 Å². The standard InChI is InChI=1S/C68H99F3N6O9/c1-49-51(22-19-23-56(49)52-20-15-14-16-21-52)25-26-53-41-59(54(40-57(53)68(69,70)71)43-77-29-18-17-24-58(77)63(82)86-67(11,12)13)83-48-50-27-30-76(31-28-50)60(79)45-73-34-38-74(46-61(80)84-65(5,6)7)36-32-72(44-55(78)42-64(2,3)4)33-37-75(39-35-73)47-62(81)85-66(8,9)10/h14-16,19-23,25-26,40-41,50,58H,17-18,24,27-39,42-48H2,1-13H3/b26-25+/t58-/m0/s1. The van der Waals surface area contributed by atoms with Crippen molar-refractivity contribution in [2.45, 2.75) is 164 Å². The number of esters is 3. The summed E-state index contributed by atoms with van der Waals surface area (Å²) in [6.07, 6.45) is 2.21. The van der Waals surface area contributed by atoms with Crippen LogP contribution in [0.25, 0.3) is 23.3 Å². The van der Waals surface area contributed by atoms with E-state index >= 15 is 13.2 Å². The van der Waals surface area contributed by atoms with Crippen LogP contribution in [-0.2, 0) is 50.9 Å². The lowest BCUT2D eigenvalue weighted by Crippen LogP contribution is -2.51. The molecule has 6 rings (SSSR count). The van der Waals surface area contributed by atoms with Gasteiger partial charge in [0.1, 0.15) is 34.4 Å². The molecular formula is C68H99F3N6O9. The summed E-state index contributed by atoms with van der Waals surface area (Å²) in [7, 11) is 0. The fourth-order valence-electron chi connectivity index (χ4n) is 11.3. The molecule has 3 aliphatic rings. The van der Waals surface area contributed by atoms with Gasteiger partial charge in [0, 0.05) is 84.0 Å². The Morgan fingerprint density at radius 2 is 1.09 bits per heavy atom. The number of rotatable bonds is 18. The smallest absolute Gasteiger partial charge is 0.417 e. The molecule has 0 N–H and O–H groups in total. The fourth-order valence-corrected chi connectivity index (χ4v) is 11.3. The molecule has 3 aromatic carbocycles. The topological polar surface area (TPSA) is 142 Å². The van der Waals surface area contributed by atoms with Crippen molar-refractivity contribution in [1.29, 1.82) is 0 Å². The summed E-state index contributed by atoms with van der Waals surface area (Å²) >= 11 is 0. The number of Topliss-reactive ketones (excluding diaryl/α,β-unsaturated/α-hetero) is 1. The molecule has 1 atom stereocenters. The number of likely N-dealkylation sites (tertiary alicyclic amines) is 2. The zero-order valence-corrected chi connectivity index (χ0v) is 53.8. The van der Waals surface area contributed by atoms with E-state index in [2.05, 4.69) is 9.80 Å². The zero-order valence-electron chi connectivity index (χ0n) is 53.8. The van der Waals surface area contributed by atoms with Gasteiger partial charge in [-0.05, 0) is 153 Å². The minimum absolute atomic E-state index is 0.0196. The second-order valence-electron chi connectivity index (χ2n) is 28.0. The van der Waals surface area contributed by atoms with E-state index in [-0.39, 0.29) is 79.9 Å². The van der Waals surface area contributed by atoms with Crippen molar-refractivity contribution in [1.82, 2.24) is 29.4 Å². The maximum atomic E-state index is 15.3. The number of halogens is 3. The summed E-state index contributed by atoms with van der Waals surface area (Å²) in [6, 6.07) is 17.7. The highest BCUT2D eigenvalue weighted by Crippen LogP contribution is 2.39. The number of amides is 1. The third-order valence-electron chi connectivity index (χ3n) is 15.5. The molecule has 3 heterocycles. The van der Waals surface area contributed by atoms with E-state index in [1.807, 2.05) is 137 Å². The lowest BCUT2D eigenvalue weighted by molar-refractivity contribution is -0.163. The van der Waals surface area contributed by atoms with Crippen LogP contribution in [0.15, 0.2) is 60.7 Å². The Hall–Kier alpha value is -5.66. The first-order valence-electron chi connectivity index (χ1n) is 31.0. The van der Waals surface area contributed by atoms with Crippen LogP contribution in [0.5, 0.6) is 5.75 Å². The Bertz CT molecular complexity index is 2730. The number of carbonyl (C=O) groups is 5. The van der Waals surface area contributed by atoms with E-state index < -0.39 is 40.6 Å². The van der Waals surface area contributed by atoms with Gasteiger partial charge in [0.2, 0.25) is 5.91 Å². The van der Waals surface area contributed by atoms with Crippen molar-refractivity contribution in [3.63, 3.8) is 0 Å². The Labute approximate surface area is 510 Å². The second-order valence-corrected chi connectivity index (χ2v) is 28.0. The number of hydrogen-bond acceptors (Lipinski definition) is 14. The maximum absolute atomic E-state index is 15.3. The number of benzene rings is 3. The average molecular weight is 1200 g/mol. The number of nitrogens with zero attached hydrogens (tertiary/aromatic N) is 6. The molecule has 0 bridgehead atoms. The molecule has 15 nitrogen and oxygen atoms in total. The molecule has 0 aromatic heterocycles. The molecule has 3 aliphatic heterocycles. The molecule has 0 aliphatic carbocycles. The van der Waals surface area contributed by atoms with Gasteiger partial charge in [0.15, 0.2) is 0 Å². The average Bonchev–Trinajstić information content (AvgIpc) is 1.58. The SMILES string of the molecule is Cc1c(/C=C/c2cc(OCC3CCN(C(=O)CN4CCN(CC(=O)OC(C)(C)C)CCN(CC(=O)CC(C)(C)C)CCN(CC(=O)OC(C)(C)C)CC4)CC3)c(CN3CCCC[C@H]3C(=O)OC(C)(C)C)cc2C(F)(F)F)cccc1-c1ccccc1. The van der Waals surface area contributed by atoms with Crippen molar-refractivity contribution >= 4 is 41.8 Å². The largest absolute Gasteiger partial charge is 0.493 e. The summed E-state index contributed by atoms with van der Waals surface area (Å²) in [5, 5.41) is 0. The van der Waals surface area contributed by atoms with Crippen molar-refractivity contribution < 1.29 is 56.1 Å². The van der Waals surface area contributed by atoms with E-state index in [1.54, 1.807) is 26.8 Å². The van der Waals surface area contributed by atoms with E-state index in [1.165, 1.54) is 18.2 Å². The van der Waals surface area contributed by atoms with Crippen LogP contribution in [-0.4, -0.2) is 187 Å². The monoisotopic (exact) mass is 1200 g/mol. The Morgan fingerprint density at radius 1 is 0.570 bits per heavy atom. The zero-order chi connectivity index (χ0) is 63.2. The molecule has 18 heteroatoms. The van der Waals surface area contributed by atoms with Crippen LogP contribution >= 0.6 is 0 Å². The molecule has 3 fully saturated rings. The molecule has 0 spiro atoms.